The Labute approximate surface area is 112 Å². The average molecular weight is 271 g/mol. The van der Waals surface area contributed by atoms with E-state index in [-0.39, 0.29) is 6.54 Å². The number of carbonyl (C=O) groups is 2. The van der Waals surface area contributed by atoms with Crippen molar-refractivity contribution in [1.29, 1.82) is 0 Å². The highest BCUT2D eigenvalue weighted by Crippen LogP contribution is 2.40. The van der Waals surface area contributed by atoms with Crippen LogP contribution in [0.5, 0.6) is 0 Å². The predicted molar refractivity (Wildman–Crippen MR) is 66.8 cm³/mol. The van der Waals surface area contributed by atoms with Crippen LogP contribution in [0.3, 0.4) is 0 Å². The standard InChI is InChI=1S/C13H21NO5/c1-12(2,3)19-11(17)14-7-9(10(15)16)13(8-14)5-4-6-18-13/h9H,4-8H2,1-3H3,(H,15,16). The molecular weight excluding hydrogens is 250 g/mol. The second kappa shape index (κ2) is 4.67. The van der Waals surface area contributed by atoms with Gasteiger partial charge in [-0.05, 0) is 33.6 Å². The molecule has 1 spiro atoms. The molecule has 1 N–H and O–H groups in total. The molecule has 2 saturated heterocycles. The molecule has 6 nitrogen and oxygen atoms in total. The minimum absolute atomic E-state index is 0.157. The number of likely N-dealkylation sites (tertiary alicyclic amines) is 1. The first-order chi connectivity index (χ1) is 8.73. The van der Waals surface area contributed by atoms with Crippen LogP contribution in [0.2, 0.25) is 0 Å². The summed E-state index contributed by atoms with van der Waals surface area (Å²) in [5.41, 5.74) is -1.30. The van der Waals surface area contributed by atoms with Gasteiger partial charge in [-0.3, -0.25) is 4.79 Å². The topological polar surface area (TPSA) is 76.1 Å². The zero-order valence-electron chi connectivity index (χ0n) is 11.6. The third kappa shape index (κ3) is 2.83. The van der Waals surface area contributed by atoms with Crippen LogP contribution in [0.15, 0.2) is 0 Å². The van der Waals surface area contributed by atoms with Gasteiger partial charge in [-0.2, -0.15) is 0 Å². The van der Waals surface area contributed by atoms with E-state index in [1.54, 1.807) is 20.8 Å². The minimum atomic E-state index is -0.909. The number of carboxylic acid groups (broad SMARTS) is 1. The van der Waals surface area contributed by atoms with Crippen LogP contribution in [0, 0.1) is 5.92 Å². The fraction of sp³-hybridized carbons (Fsp3) is 0.846. The summed E-state index contributed by atoms with van der Waals surface area (Å²) < 4.78 is 10.9. The molecule has 0 saturated carbocycles. The Balaban J connectivity index is 2.10. The van der Waals surface area contributed by atoms with Crippen molar-refractivity contribution >= 4 is 12.1 Å². The van der Waals surface area contributed by atoms with Crippen LogP contribution in [0.25, 0.3) is 0 Å². The van der Waals surface area contributed by atoms with Crippen LogP contribution in [0.4, 0.5) is 4.79 Å². The van der Waals surface area contributed by atoms with E-state index in [9.17, 15) is 14.7 Å². The van der Waals surface area contributed by atoms with Gasteiger partial charge in [0.05, 0.1) is 6.54 Å². The van der Waals surface area contributed by atoms with E-state index in [1.807, 2.05) is 0 Å². The Morgan fingerprint density at radius 3 is 2.58 bits per heavy atom. The first-order valence-corrected chi connectivity index (χ1v) is 6.58. The molecule has 0 aromatic carbocycles. The Kier molecular flexibility index (Phi) is 3.47. The molecule has 0 aromatic heterocycles. The van der Waals surface area contributed by atoms with Crippen molar-refractivity contribution in [3.05, 3.63) is 0 Å². The first-order valence-electron chi connectivity index (χ1n) is 6.58. The summed E-state index contributed by atoms with van der Waals surface area (Å²) in [6.07, 6.45) is 1.06. The fourth-order valence-electron chi connectivity index (χ4n) is 2.77. The van der Waals surface area contributed by atoms with Crippen molar-refractivity contribution in [1.82, 2.24) is 4.90 Å². The van der Waals surface area contributed by atoms with Crippen LogP contribution >= 0.6 is 0 Å². The lowest BCUT2D eigenvalue weighted by Gasteiger charge is -2.27. The highest BCUT2D eigenvalue weighted by Gasteiger charge is 2.54. The van der Waals surface area contributed by atoms with E-state index in [0.29, 0.717) is 19.6 Å². The van der Waals surface area contributed by atoms with Gasteiger partial charge in [0.2, 0.25) is 0 Å². The smallest absolute Gasteiger partial charge is 0.410 e. The number of amides is 1. The van der Waals surface area contributed by atoms with E-state index in [4.69, 9.17) is 9.47 Å². The molecule has 0 radical (unpaired) electrons. The molecule has 108 valence electrons. The molecular formula is C13H21NO5. The van der Waals surface area contributed by atoms with Crippen LogP contribution in [-0.2, 0) is 14.3 Å². The summed E-state index contributed by atoms with van der Waals surface area (Å²) >= 11 is 0. The summed E-state index contributed by atoms with van der Waals surface area (Å²) in [4.78, 5) is 24.8. The molecule has 19 heavy (non-hydrogen) atoms. The Bertz CT molecular complexity index is 381. The molecule has 2 unspecified atom stereocenters. The molecule has 2 aliphatic heterocycles. The van der Waals surface area contributed by atoms with Gasteiger partial charge in [0, 0.05) is 13.2 Å². The lowest BCUT2D eigenvalue weighted by molar-refractivity contribution is -0.149. The maximum absolute atomic E-state index is 12.0. The maximum atomic E-state index is 12.0. The molecule has 6 heteroatoms. The summed E-state index contributed by atoms with van der Waals surface area (Å²) in [5, 5.41) is 9.31. The highest BCUT2D eigenvalue weighted by molar-refractivity contribution is 5.76. The second-order valence-electron chi connectivity index (χ2n) is 6.27. The summed E-state index contributed by atoms with van der Waals surface area (Å²) in [5.74, 6) is -1.57. The van der Waals surface area contributed by atoms with E-state index < -0.39 is 29.2 Å². The number of ether oxygens (including phenoxy) is 2. The zero-order chi connectivity index (χ0) is 14.3. The molecule has 1 amide bonds. The SMILES string of the molecule is CC(C)(C)OC(=O)N1CC(C(=O)O)C2(CCCO2)C1. The lowest BCUT2D eigenvalue weighted by Crippen LogP contribution is -2.41. The maximum Gasteiger partial charge on any atom is 0.410 e. The number of carbonyl (C=O) groups excluding carboxylic acids is 1. The lowest BCUT2D eigenvalue weighted by atomic mass is 9.88. The number of rotatable bonds is 1. The minimum Gasteiger partial charge on any atom is -0.481 e. The Hall–Kier alpha value is -1.30. The Morgan fingerprint density at radius 2 is 2.11 bits per heavy atom. The molecule has 0 aromatic rings. The van der Waals surface area contributed by atoms with Crippen molar-refractivity contribution in [3.63, 3.8) is 0 Å². The Morgan fingerprint density at radius 1 is 1.42 bits per heavy atom. The molecule has 0 bridgehead atoms. The van der Waals surface area contributed by atoms with E-state index in [0.717, 1.165) is 6.42 Å². The van der Waals surface area contributed by atoms with Crippen molar-refractivity contribution in [2.45, 2.75) is 44.8 Å². The zero-order valence-corrected chi connectivity index (χ0v) is 11.6. The first kappa shape index (κ1) is 14.1. The fourth-order valence-corrected chi connectivity index (χ4v) is 2.77. The highest BCUT2D eigenvalue weighted by atomic mass is 16.6. The second-order valence-corrected chi connectivity index (χ2v) is 6.27. The molecule has 2 aliphatic rings. The van der Waals surface area contributed by atoms with Crippen LogP contribution in [-0.4, -0.2) is 53.0 Å². The average Bonchev–Trinajstić information content (AvgIpc) is 2.84. The summed E-state index contributed by atoms with van der Waals surface area (Å²) in [6, 6.07) is 0. The van der Waals surface area contributed by atoms with Crippen LogP contribution in [0.1, 0.15) is 33.6 Å². The van der Waals surface area contributed by atoms with Gasteiger partial charge >= 0.3 is 12.1 Å². The number of nitrogens with zero attached hydrogens (tertiary/aromatic N) is 1. The molecule has 2 rings (SSSR count). The van der Waals surface area contributed by atoms with Gasteiger partial charge in [0.15, 0.2) is 0 Å². The van der Waals surface area contributed by atoms with Gasteiger partial charge in [0.25, 0.3) is 0 Å². The van der Waals surface area contributed by atoms with E-state index in [2.05, 4.69) is 0 Å². The number of hydrogen-bond donors (Lipinski definition) is 1. The predicted octanol–water partition coefficient (Wildman–Crippen LogP) is 1.49. The molecule has 2 fully saturated rings. The molecule has 2 heterocycles. The van der Waals surface area contributed by atoms with E-state index >= 15 is 0 Å². The third-order valence-corrected chi connectivity index (χ3v) is 3.58. The van der Waals surface area contributed by atoms with E-state index in [1.165, 1.54) is 4.90 Å². The van der Waals surface area contributed by atoms with Crippen molar-refractivity contribution in [2.75, 3.05) is 19.7 Å². The number of carboxylic acids is 1. The van der Waals surface area contributed by atoms with Crippen molar-refractivity contribution in [3.8, 4) is 0 Å². The van der Waals surface area contributed by atoms with Gasteiger partial charge in [-0.15, -0.1) is 0 Å². The van der Waals surface area contributed by atoms with Crippen molar-refractivity contribution < 1.29 is 24.2 Å². The van der Waals surface area contributed by atoms with Crippen molar-refractivity contribution in [2.24, 2.45) is 5.92 Å². The number of hydrogen-bond acceptors (Lipinski definition) is 4. The summed E-state index contributed by atoms with van der Waals surface area (Å²) in [6.45, 7) is 6.39. The van der Waals surface area contributed by atoms with Crippen LogP contribution < -0.4 is 0 Å². The van der Waals surface area contributed by atoms with Gasteiger partial charge in [-0.1, -0.05) is 0 Å². The van der Waals surface area contributed by atoms with Gasteiger partial charge in [-0.25, -0.2) is 4.79 Å². The molecule has 2 atom stereocenters. The normalized spacial score (nSPS) is 30.9. The largest absolute Gasteiger partial charge is 0.481 e. The molecule has 0 aliphatic carbocycles. The monoisotopic (exact) mass is 271 g/mol. The third-order valence-electron chi connectivity index (χ3n) is 3.58. The number of aliphatic carboxylic acids is 1. The quantitative estimate of drug-likeness (QED) is 0.782. The van der Waals surface area contributed by atoms with Gasteiger partial charge in [0.1, 0.15) is 17.1 Å². The van der Waals surface area contributed by atoms with Gasteiger partial charge < -0.3 is 19.5 Å². The summed E-state index contributed by atoms with van der Waals surface area (Å²) in [7, 11) is 0.